The number of para-hydroxylation sites is 4. The summed E-state index contributed by atoms with van der Waals surface area (Å²) in [6.45, 7) is 0. The number of nitrogens with zero attached hydrogens (tertiary/aromatic N) is 4. The molecule has 0 N–H and O–H groups in total. The molecule has 0 aliphatic carbocycles. The Morgan fingerprint density at radius 1 is 0.176 bits per heavy atom. The molecule has 0 unspecified atom stereocenters. The lowest BCUT2D eigenvalue weighted by Crippen LogP contribution is -1.99. The summed E-state index contributed by atoms with van der Waals surface area (Å²) >= 11 is 0. The van der Waals surface area contributed by atoms with E-state index >= 15 is 0 Å². The van der Waals surface area contributed by atoms with Gasteiger partial charge in [-0.25, -0.2) is 0 Å². The van der Waals surface area contributed by atoms with Gasteiger partial charge in [-0.05, 0) is 143 Å². The van der Waals surface area contributed by atoms with E-state index in [1.54, 1.807) is 0 Å². The lowest BCUT2D eigenvalue weighted by Gasteiger charge is -2.14. The highest BCUT2D eigenvalue weighted by atomic mass is 15.0. The molecule has 0 bridgehead atoms. The number of fused-ring (bicyclic) bond motifs is 8. The molecule has 0 fully saturated rings. The summed E-state index contributed by atoms with van der Waals surface area (Å²) in [7, 11) is 0. The topological polar surface area (TPSA) is 19.7 Å². The predicted octanol–water partition coefficient (Wildman–Crippen LogP) is 18.4. The van der Waals surface area contributed by atoms with Crippen molar-refractivity contribution in [3.05, 3.63) is 279 Å². The van der Waals surface area contributed by atoms with Crippen LogP contribution in [0.25, 0.3) is 133 Å². The van der Waals surface area contributed by atoms with Crippen LogP contribution in [0, 0.1) is 0 Å². The SMILES string of the molecule is c1ccc(-c2cccc(-c3cc4cc5c(cc(-c6cccc(-c7ccccc7)c6)n5-c5ccc6c(c5)c5ccccc5n6-c5ccccc5)cc4n3-c3ccc4c(c3)c3ccccc3n4-c3ccccc3)c2)cc1. The summed E-state index contributed by atoms with van der Waals surface area (Å²) < 4.78 is 9.77. The maximum Gasteiger partial charge on any atom is 0.0542 e. The van der Waals surface area contributed by atoms with Gasteiger partial charge in [-0.1, -0.05) is 170 Å². The standard InChI is InChI=1S/C70H46N4/c1-5-19-47(20-6-1)49-23-17-25-51(39-49)67-41-53-43-70-54(44-69(53)73(67)57-35-37-65-61(45-57)59-31-13-15-33-63(59)71(65)55-27-9-3-10-28-55)42-68(52-26-18-24-50(40-52)48-21-7-2-8-22-48)74(70)58-36-38-66-62(46-58)60-32-14-16-34-64(60)72(66)56-29-11-4-12-30-56/h1-46H. The molecule has 0 spiro atoms. The zero-order chi connectivity index (χ0) is 48.7. The van der Waals surface area contributed by atoms with Gasteiger partial charge < -0.3 is 18.3 Å². The minimum atomic E-state index is 1.11. The van der Waals surface area contributed by atoms with Crippen LogP contribution in [0.5, 0.6) is 0 Å². The van der Waals surface area contributed by atoms with Crippen molar-refractivity contribution in [3.63, 3.8) is 0 Å². The van der Waals surface area contributed by atoms with Gasteiger partial charge in [-0.3, -0.25) is 0 Å². The molecule has 11 aromatic carbocycles. The second-order valence-corrected chi connectivity index (χ2v) is 19.4. The Hall–Kier alpha value is -9.90. The Morgan fingerprint density at radius 3 is 0.959 bits per heavy atom. The molecular weight excluding hydrogens is 897 g/mol. The van der Waals surface area contributed by atoms with Crippen LogP contribution in [-0.2, 0) is 0 Å². The van der Waals surface area contributed by atoms with Crippen molar-refractivity contribution in [2.45, 2.75) is 0 Å². The van der Waals surface area contributed by atoms with Crippen LogP contribution in [0.1, 0.15) is 0 Å². The van der Waals surface area contributed by atoms with Gasteiger partial charge in [0.05, 0.1) is 44.5 Å². The Morgan fingerprint density at radius 2 is 0.527 bits per heavy atom. The molecule has 15 rings (SSSR count). The van der Waals surface area contributed by atoms with E-state index in [0.717, 1.165) is 67.1 Å². The molecule has 0 saturated carbocycles. The minimum Gasteiger partial charge on any atom is -0.309 e. The summed E-state index contributed by atoms with van der Waals surface area (Å²) in [5.74, 6) is 0. The average molecular weight is 943 g/mol. The summed E-state index contributed by atoms with van der Waals surface area (Å²) in [5, 5.41) is 7.20. The Bertz CT molecular complexity index is 4330. The first kappa shape index (κ1) is 41.8. The lowest BCUT2D eigenvalue weighted by molar-refractivity contribution is 1.13. The molecule has 346 valence electrons. The third-order valence-electron chi connectivity index (χ3n) is 15.1. The van der Waals surface area contributed by atoms with Gasteiger partial charge in [0.1, 0.15) is 0 Å². The van der Waals surface area contributed by atoms with Gasteiger partial charge >= 0.3 is 0 Å². The van der Waals surface area contributed by atoms with Crippen molar-refractivity contribution < 1.29 is 0 Å². The van der Waals surface area contributed by atoms with Crippen molar-refractivity contribution in [3.8, 4) is 67.5 Å². The maximum atomic E-state index is 2.49. The number of benzene rings is 11. The van der Waals surface area contributed by atoms with Crippen LogP contribution in [0.3, 0.4) is 0 Å². The summed E-state index contributed by atoms with van der Waals surface area (Å²) in [6.07, 6.45) is 0. The second kappa shape index (κ2) is 16.9. The number of hydrogen-bond acceptors (Lipinski definition) is 0. The van der Waals surface area contributed by atoms with Gasteiger partial charge in [0.2, 0.25) is 0 Å². The third-order valence-corrected chi connectivity index (χ3v) is 15.1. The minimum absolute atomic E-state index is 1.11. The summed E-state index contributed by atoms with van der Waals surface area (Å²) in [5.41, 5.74) is 20.9. The van der Waals surface area contributed by atoms with Crippen LogP contribution >= 0.6 is 0 Å². The smallest absolute Gasteiger partial charge is 0.0542 e. The van der Waals surface area contributed by atoms with Gasteiger partial charge in [-0.2, -0.15) is 0 Å². The zero-order valence-electron chi connectivity index (χ0n) is 40.3. The lowest BCUT2D eigenvalue weighted by atomic mass is 10.0. The highest BCUT2D eigenvalue weighted by Gasteiger charge is 2.22. The molecule has 0 aliphatic rings. The fourth-order valence-electron chi connectivity index (χ4n) is 11.8. The number of aromatic nitrogens is 4. The third kappa shape index (κ3) is 6.69. The number of hydrogen-bond donors (Lipinski definition) is 0. The second-order valence-electron chi connectivity index (χ2n) is 19.4. The van der Waals surface area contributed by atoms with Gasteiger partial charge in [0, 0.05) is 55.1 Å². The van der Waals surface area contributed by atoms with E-state index in [1.165, 1.54) is 65.9 Å². The van der Waals surface area contributed by atoms with Crippen LogP contribution < -0.4 is 0 Å². The quantitative estimate of drug-likeness (QED) is 0.145. The van der Waals surface area contributed by atoms with Crippen molar-refractivity contribution in [1.29, 1.82) is 0 Å². The first-order chi connectivity index (χ1) is 36.7. The van der Waals surface area contributed by atoms with Crippen LogP contribution in [0.4, 0.5) is 0 Å². The molecule has 0 saturated heterocycles. The van der Waals surface area contributed by atoms with E-state index in [4.69, 9.17) is 0 Å². The monoisotopic (exact) mass is 942 g/mol. The molecule has 74 heavy (non-hydrogen) atoms. The number of rotatable bonds is 8. The highest BCUT2D eigenvalue weighted by molar-refractivity contribution is 6.12. The maximum absolute atomic E-state index is 2.49. The van der Waals surface area contributed by atoms with E-state index in [1.807, 2.05) is 0 Å². The van der Waals surface area contributed by atoms with Crippen LogP contribution in [0.2, 0.25) is 0 Å². The first-order valence-electron chi connectivity index (χ1n) is 25.4. The first-order valence-corrected chi connectivity index (χ1v) is 25.4. The summed E-state index contributed by atoms with van der Waals surface area (Å²) in [6, 6.07) is 102. The largest absolute Gasteiger partial charge is 0.309 e. The van der Waals surface area contributed by atoms with E-state index in [-0.39, 0.29) is 0 Å². The van der Waals surface area contributed by atoms with Crippen molar-refractivity contribution in [2.24, 2.45) is 0 Å². The van der Waals surface area contributed by atoms with Crippen molar-refractivity contribution >= 4 is 65.4 Å². The van der Waals surface area contributed by atoms with Gasteiger partial charge in [0.15, 0.2) is 0 Å². The fraction of sp³-hybridized carbons (Fsp3) is 0. The molecule has 0 aliphatic heterocycles. The van der Waals surface area contributed by atoms with E-state index in [2.05, 4.69) is 297 Å². The molecule has 4 heteroatoms. The van der Waals surface area contributed by atoms with Crippen LogP contribution in [0.15, 0.2) is 279 Å². The average Bonchev–Trinajstić information content (AvgIpc) is 4.23. The van der Waals surface area contributed by atoms with Crippen molar-refractivity contribution in [1.82, 2.24) is 18.3 Å². The van der Waals surface area contributed by atoms with Gasteiger partial charge in [-0.15, -0.1) is 0 Å². The van der Waals surface area contributed by atoms with E-state index in [0.29, 0.717) is 0 Å². The normalized spacial score (nSPS) is 11.8. The Kier molecular flexibility index (Phi) is 9.54. The van der Waals surface area contributed by atoms with Crippen molar-refractivity contribution in [2.75, 3.05) is 0 Å². The van der Waals surface area contributed by atoms with Gasteiger partial charge in [0.25, 0.3) is 0 Å². The summed E-state index contributed by atoms with van der Waals surface area (Å²) in [4.78, 5) is 0. The Labute approximate surface area is 428 Å². The highest BCUT2D eigenvalue weighted by Crippen LogP contribution is 2.43. The molecular formula is C70H46N4. The molecule has 0 atom stereocenters. The molecule has 0 amide bonds. The predicted molar refractivity (Wildman–Crippen MR) is 311 cm³/mol. The Balaban J connectivity index is 1.000. The van der Waals surface area contributed by atoms with Crippen LogP contribution in [-0.4, -0.2) is 18.3 Å². The fourth-order valence-corrected chi connectivity index (χ4v) is 11.8. The van der Waals surface area contributed by atoms with E-state index in [9.17, 15) is 0 Å². The zero-order valence-corrected chi connectivity index (χ0v) is 40.3. The molecule has 15 aromatic rings. The molecule has 4 nitrogen and oxygen atoms in total. The molecule has 4 heterocycles. The molecule has 4 aromatic heterocycles. The molecule has 0 radical (unpaired) electrons. The van der Waals surface area contributed by atoms with E-state index < -0.39 is 0 Å².